The van der Waals surface area contributed by atoms with Crippen molar-refractivity contribution in [1.82, 2.24) is 0 Å². The maximum Gasteiger partial charge on any atom is 0.126 e. The standard InChI is InChI=1S/C11H14BrF/c1-8-7-10(4-3-9(2)12)5-6-11(8)13/h5-7,9H,3-4H2,1-2H3. The van der Waals surface area contributed by atoms with Gasteiger partial charge in [0.2, 0.25) is 0 Å². The van der Waals surface area contributed by atoms with Crippen molar-refractivity contribution < 1.29 is 4.39 Å². The first-order valence-electron chi connectivity index (χ1n) is 4.48. The lowest BCUT2D eigenvalue weighted by Crippen LogP contribution is -1.95. The van der Waals surface area contributed by atoms with E-state index in [0.29, 0.717) is 4.83 Å². The molecule has 0 aliphatic rings. The van der Waals surface area contributed by atoms with Gasteiger partial charge in [-0.25, -0.2) is 4.39 Å². The maximum absolute atomic E-state index is 12.9. The topological polar surface area (TPSA) is 0 Å². The number of alkyl halides is 1. The molecule has 0 nitrogen and oxygen atoms in total. The van der Waals surface area contributed by atoms with Crippen LogP contribution in [0, 0.1) is 12.7 Å². The van der Waals surface area contributed by atoms with Gasteiger partial charge in [-0.1, -0.05) is 35.0 Å². The Hall–Kier alpha value is -0.370. The summed E-state index contributed by atoms with van der Waals surface area (Å²) in [6.45, 7) is 3.92. The monoisotopic (exact) mass is 244 g/mol. The normalized spacial score (nSPS) is 12.9. The van der Waals surface area contributed by atoms with E-state index in [2.05, 4.69) is 22.9 Å². The van der Waals surface area contributed by atoms with Crippen LogP contribution >= 0.6 is 15.9 Å². The van der Waals surface area contributed by atoms with E-state index < -0.39 is 0 Å². The summed E-state index contributed by atoms with van der Waals surface area (Å²) in [6, 6.07) is 5.33. The quantitative estimate of drug-likeness (QED) is 0.709. The summed E-state index contributed by atoms with van der Waals surface area (Å²) in [5.41, 5.74) is 1.95. The fourth-order valence-corrected chi connectivity index (χ4v) is 1.46. The lowest BCUT2D eigenvalue weighted by Gasteiger charge is -2.04. The smallest absolute Gasteiger partial charge is 0.126 e. The van der Waals surface area contributed by atoms with Crippen molar-refractivity contribution in [2.24, 2.45) is 0 Å². The van der Waals surface area contributed by atoms with Gasteiger partial charge in [-0.2, -0.15) is 0 Å². The van der Waals surface area contributed by atoms with Gasteiger partial charge < -0.3 is 0 Å². The van der Waals surface area contributed by atoms with Crippen molar-refractivity contribution in [3.05, 3.63) is 35.1 Å². The Kier molecular flexibility index (Phi) is 3.91. The molecule has 1 aromatic rings. The van der Waals surface area contributed by atoms with E-state index in [9.17, 15) is 4.39 Å². The molecule has 1 rings (SSSR count). The van der Waals surface area contributed by atoms with Crippen LogP contribution in [-0.2, 0) is 6.42 Å². The molecule has 0 saturated carbocycles. The Morgan fingerprint density at radius 3 is 2.69 bits per heavy atom. The molecule has 1 unspecified atom stereocenters. The first kappa shape index (κ1) is 10.7. The lowest BCUT2D eigenvalue weighted by molar-refractivity contribution is 0.617. The van der Waals surface area contributed by atoms with Crippen molar-refractivity contribution in [3.63, 3.8) is 0 Å². The van der Waals surface area contributed by atoms with Gasteiger partial charge in [0.05, 0.1) is 0 Å². The molecule has 1 aromatic carbocycles. The molecule has 0 aliphatic heterocycles. The Bertz CT molecular complexity index is 281. The van der Waals surface area contributed by atoms with Crippen LogP contribution in [0.2, 0.25) is 0 Å². The van der Waals surface area contributed by atoms with Crippen LogP contribution in [0.3, 0.4) is 0 Å². The predicted octanol–water partition coefficient (Wildman–Crippen LogP) is 3.85. The Balaban J connectivity index is 2.63. The van der Waals surface area contributed by atoms with Gasteiger partial charge in [0.15, 0.2) is 0 Å². The van der Waals surface area contributed by atoms with E-state index >= 15 is 0 Å². The van der Waals surface area contributed by atoms with Crippen LogP contribution in [0.15, 0.2) is 18.2 Å². The molecule has 0 bridgehead atoms. The van der Waals surface area contributed by atoms with Crippen molar-refractivity contribution in [3.8, 4) is 0 Å². The fraction of sp³-hybridized carbons (Fsp3) is 0.455. The summed E-state index contributed by atoms with van der Waals surface area (Å²) in [5, 5.41) is 0. The largest absolute Gasteiger partial charge is 0.207 e. The third-order valence-electron chi connectivity index (χ3n) is 2.05. The second kappa shape index (κ2) is 4.75. The maximum atomic E-state index is 12.9. The SMILES string of the molecule is Cc1cc(CCC(C)Br)ccc1F. The van der Waals surface area contributed by atoms with Crippen LogP contribution in [0.25, 0.3) is 0 Å². The third-order valence-corrected chi connectivity index (χ3v) is 2.51. The summed E-state index contributed by atoms with van der Waals surface area (Å²) in [7, 11) is 0. The second-order valence-corrected chi connectivity index (χ2v) is 4.97. The molecule has 0 radical (unpaired) electrons. The highest BCUT2D eigenvalue weighted by atomic mass is 79.9. The highest BCUT2D eigenvalue weighted by Gasteiger charge is 2.00. The van der Waals surface area contributed by atoms with Gasteiger partial charge in [-0.05, 0) is 37.0 Å². The van der Waals surface area contributed by atoms with Gasteiger partial charge in [0.1, 0.15) is 5.82 Å². The third kappa shape index (κ3) is 3.47. The molecule has 0 N–H and O–H groups in total. The van der Waals surface area contributed by atoms with E-state index in [4.69, 9.17) is 0 Å². The zero-order valence-corrected chi connectivity index (χ0v) is 9.57. The number of hydrogen-bond donors (Lipinski definition) is 0. The summed E-state index contributed by atoms with van der Waals surface area (Å²) in [5.74, 6) is -0.115. The summed E-state index contributed by atoms with van der Waals surface area (Å²) < 4.78 is 12.9. The zero-order chi connectivity index (χ0) is 9.84. The number of aryl methyl sites for hydroxylation is 2. The Morgan fingerprint density at radius 1 is 1.46 bits per heavy atom. The van der Waals surface area contributed by atoms with Crippen molar-refractivity contribution >= 4 is 15.9 Å². The molecule has 0 heterocycles. The van der Waals surface area contributed by atoms with E-state index in [1.54, 1.807) is 13.0 Å². The van der Waals surface area contributed by atoms with E-state index in [-0.39, 0.29) is 5.82 Å². The Labute approximate surface area is 87.3 Å². The second-order valence-electron chi connectivity index (χ2n) is 3.40. The highest BCUT2D eigenvalue weighted by Crippen LogP contribution is 2.13. The van der Waals surface area contributed by atoms with Gasteiger partial charge >= 0.3 is 0 Å². The minimum atomic E-state index is -0.115. The first-order valence-corrected chi connectivity index (χ1v) is 5.40. The van der Waals surface area contributed by atoms with Crippen LogP contribution in [0.1, 0.15) is 24.5 Å². The van der Waals surface area contributed by atoms with Gasteiger partial charge in [-0.15, -0.1) is 0 Å². The van der Waals surface area contributed by atoms with Crippen LogP contribution in [-0.4, -0.2) is 4.83 Å². The van der Waals surface area contributed by atoms with Crippen LogP contribution in [0.5, 0.6) is 0 Å². The number of hydrogen-bond acceptors (Lipinski definition) is 0. The van der Waals surface area contributed by atoms with Gasteiger partial charge in [-0.3, -0.25) is 0 Å². The minimum Gasteiger partial charge on any atom is -0.207 e. The molecule has 2 heteroatoms. The molecule has 0 aliphatic carbocycles. The molecule has 1 atom stereocenters. The molecule has 0 amide bonds. The Morgan fingerprint density at radius 2 is 2.15 bits per heavy atom. The van der Waals surface area contributed by atoms with Crippen molar-refractivity contribution in [2.75, 3.05) is 0 Å². The summed E-state index contributed by atoms with van der Waals surface area (Å²) in [6.07, 6.45) is 2.10. The molecule has 0 saturated heterocycles. The van der Waals surface area contributed by atoms with E-state index in [1.807, 2.05) is 12.1 Å². The predicted molar refractivity (Wildman–Crippen MR) is 57.8 cm³/mol. The average molecular weight is 245 g/mol. The molecular formula is C11H14BrF. The van der Waals surface area contributed by atoms with Crippen molar-refractivity contribution in [2.45, 2.75) is 31.5 Å². The van der Waals surface area contributed by atoms with E-state index in [0.717, 1.165) is 18.4 Å². The zero-order valence-electron chi connectivity index (χ0n) is 7.98. The van der Waals surface area contributed by atoms with Gasteiger partial charge in [0, 0.05) is 4.83 Å². The first-order chi connectivity index (χ1) is 6.09. The fourth-order valence-electron chi connectivity index (χ4n) is 1.23. The molecule has 0 spiro atoms. The molecule has 0 fully saturated rings. The number of rotatable bonds is 3. The number of benzene rings is 1. The molecular weight excluding hydrogens is 231 g/mol. The van der Waals surface area contributed by atoms with Crippen molar-refractivity contribution in [1.29, 1.82) is 0 Å². The number of halogens is 2. The molecule has 0 aromatic heterocycles. The highest BCUT2D eigenvalue weighted by molar-refractivity contribution is 9.09. The van der Waals surface area contributed by atoms with Crippen LogP contribution in [0.4, 0.5) is 4.39 Å². The summed E-state index contributed by atoms with van der Waals surface area (Å²) >= 11 is 3.49. The van der Waals surface area contributed by atoms with E-state index in [1.165, 1.54) is 5.56 Å². The van der Waals surface area contributed by atoms with Gasteiger partial charge in [0.25, 0.3) is 0 Å². The lowest BCUT2D eigenvalue weighted by atomic mass is 10.1. The van der Waals surface area contributed by atoms with Crippen LogP contribution < -0.4 is 0 Å². The molecule has 72 valence electrons. The molecule has 13 heavy (non-hydrogen) atoms. The minimum absolute atomic E-state index is 0.115. The summed E-state index contributed by atoms with van der Waals surface area (Å²) in [4.78, 5) is 0.526. The average Bonchev–Trinajstić information content (AvgIpc) is 2.07.